The molecular weight excluding hydrogens is 252 g/mol. The molecule has 1 aromatic heterocycles. The third-order valence-corrected chi connectivity index (χ3v) is 3.67. The van der Waals surface area contributed by atoms with Gasteiger partial charge in [-0.05, 0) is 30.5 Å². The molecule has 1 fully saturated rings. The lowest BCUT2D eigenvalue weighted by atomic mass is 10.2. The first kappa shape index (κ1) is 13.1. The fourth-order valence-corrected chi connectivity index (χ4v) is 2.54. The van der Waals surface area contributed by atoms with E-state index in [1.54, 1.807) is 0 Å². The zero-order valence-electron chi connectivity index (χ0n) is 11.6. The first-order valence-corrected chi connectivity index (χ1v) is 7.22. The third kappa shape index (κ3) is 3.36. The van der Waals surface area contributed by atoms with Crippen molar-refractivity contribution in [3.63, 3.8) is 0 Å². The predicted octanol–water partition coefficient (Wildman–Crippen LogP) is 2.00. The predicted molar refractivity (Wildman–Crippen MR) is 77.6 cm³/mol. The summed E-state index contributed by atoms with van der Waals surface area (Å²) >= 11 is 0. The van der Waals surface area contributed by atoms with Crippen LogP contribution in [-0.4, -0.2) is 29.8 Å². The van der Waals surface area contributed by atoms with E-state index in [-0.39, 0.29) is 0 Å². The number of rotatable bonds is 6. The van der Waals surface area contributed by atoms with Crippen LogP contribution in [0, 0.1) is 0 Å². The van der Waals surface area contributed by atoms with Gasteiger partial charge in [-0.25, -0.2) is 0 Å². The normalized spacial score (nSPS) is 14.9. The molecule has 2 heterocycles. The summed E-state index contributed by atoms with van der Waals surface area (Å²) in [6.07, 6.45) is 4.80. The van der Waals surface area contributed by atoms with E-state index in [2.05, 4.69) is 44.6 Å². The van der Waals surface area contributed by atoms with Gasteiger partial charge in [-0.2, -0.15) is 4.98 Å². The third-order valence-electron chi connectivity index (χ3n) is 3.67. The Morgan fingerprint density at radius 2 is 1.95 bits per heavy atom. The molecule has 0 aliphatic carbocycles. The maximum Gasteiger partial charge on any atom is 0.213 e. The molecule has 1 N–H and O–H groups in total. The van der Waals surface area contributed by atoms with Gasteiger partial charge in [-0.3, -0.25) is 0 Å². The molecule has 1 aliphatic rings. The van der Waals surface area contributed by atoms with Gasteiger partial charge in [0.1, 0.15) is 0 Å². The van der Waals surface area contributed by atoms with Crippen LogP contribution < -0.4 is 10.2 Å². The summed E-state index contributed by atoms with van der Waals surface area (Å²) in [5.41, 5.74) is 2.65. The molecule has 0 radical (unpaired) electrons. The van der Waals surface area contributed by atoms with Crippen molar-refractivity contribution in [2.75, 3.05) is 24.5 Å². The minimum absolute atomic E-state index is 0.752. The second-order valence-corrected chi connectivity index (χ2v) is 5.13. The molecule has 3 rings (SSSR count). The summed E-state index contributed by atoms with van der Waals surface area (Å²) in [7, 11) is 0. The van der Waals surface area contributed by atoms with Crippen LogP contribution in [0.1, 0.15) is 24.2 Å². The molecule has 1 aliphatic heterocycles. The summed E-state index contributed by atoms with van der Waals surface area (Å²) < 4.78 is 4.70. The highest BCUT2D eigenvalue weighted by Crippen LogP contribution is 2.20. The Morgan fingerprint density at radius 1 is 1.15 bits per heavy atom. The number of anilines is 1. The highest BCUT2D eigenvalue weighted by atomic mass is 16.5. The number of benzene rings is 1. The number of nitrogens with one attached hydrogen (secondary N) is 1. The van der Waals surface area contributed by atoms with Crippen molar-refractivity contribution in [2.45, 2.75) is 25.8 Å². The van der Waals surface area contributed by atoms with Gasteiger partial charge in [0, 0.05) is 38.3 Å². The van der Waals surface area contributed by atoms with Crippen molar-refractivity contribution in [3.8, 4) is 0 Å². The molecule has 106 valence electrons. The zero-order chi connectivity index (χ0) is 13.6. The van der Waals surface area contributed by atoms with Crippen LogP contribution in [0.25, 0.3) is 0 Å². The van der Waals surface area contributed by atoms with E-state index in [1.165, 1.54) is 43.6 Å². The quantitative estimate of drug-likeness (QED) is 0.815. The Morgan fingerprint density at radius 3 is 2.65 bits per heavy atom. The smallest absolute Gasteiger partial charge is 0.213 e. The average Bonchev–Trinajstić information content (AvgIpc) is 3.17. The lowest BCUT2D eigenvalue weighted by Crippen LogP contribution is -2.18. The first-order valence-electron chi connectivity index (χ1n) is 7.22. The number of aromatic nitrogens is 2. The van der Waals surface area contributed by atoms with Crippen molar-refractivity contribution in [1.29, 1.82) is 0 Å². The standard InChI is InChI=1S/C15H20N4O/c1-2-10-19(9-1)14-5-3-13(4-6-14)11-16-8-7-15-17-12-20-18-15/h3-6,12,16H,1-2,7-11H2. The molecule has 0 saturated carbocycles. The summed E-state index contributed by atoms with van der Waals surface area (Å²) in [5, 5.41) is 7.18. The van der Waals surface area contributed by atoms with Crippen molar-refractivity contribution >= 4 is 5.69 Å². The van der Waals surface area contributed by atoms with Crippen LogP contribution >= 0.6 is 0 Å². The molecule has 1 saturated heterocycles. The Balaban J connectivity index is 1.43. The lowest BCUT2D eigenvalue weighted by molar-refractivity contribution is 0.409. The topological polar surface area (TPSA) is 54.2 Å². The zero-order valence-corrected chi connectivity index (χ0v) is 11.6. The van der Waals surface area contributed by atoms with E-state index >= 15 is 0 Å². The van der Waals surface area contributed by atoms with Gasteiger partial charge in [0.05, 0.1) is 0 Å². The van der Waals surface area contributed by atoms with E-state index in [4.69, 9.17) is 4.52 Å². The number of nitrogens with zero attached hydrogens (tertiary/aromatic N) is 3. The van der Waals surface area contributed by atoms with E-state index in [0.717, 1.165) is 25.3 Å². The maximum absolute atomic E-state index is 4.70. The summed E-state index contributed by atoms with van der Waals surface area (Å²) in [4.78, 5) is 6.45. The molecule has 0 unspecified atom stereocenters. The van der Waals surface area contributed by atoms with E-state index in [0.29, 0.717) is 0 Å². The molecule has 0 spiro atoms. The second-order valence-electron chi connectivity index (χ2n) is 5.13. The van der Waals surface area contributed by atoms with Crippen LogP contribution in [0.5, 0.6) is 0 Å². The van der Waals surface area contributed by atoms with Crippen molar-refractivity contribution < 1.29 is 4.52 Å². The Hall–Kier alpha value is -1.88. The van der Waals surface area contributed by atoms with Crippen LogP contribution in [0.3, 0.4) is 0 Å². The molecular formula is C15H20N4O. The number of hydrogen-bond acceptors (Lipinski definition) is 5. The highest BCUT2D eigenvalue weighted by Gasteiger charge is 2.11. The maximum atomic E-state index is 4.70. The van der Waals surface area contributed by atoms with Crippen LogP contribution in [0.15, 0.2) is 35.2 Å². The van der Waals surface area contributed by atoms with E-state index < -0.39 is 0 Å². The Kier molecular flexibility index (Phi) is 4.28. The van der Waals surface area contributed by atoms with Gasteiger partial charge in [-0.1, -0.05) is 17.3 Å². The molecule has 5 nitrogen and oxygen atoms in total. The molecule has 5 heteroatoms. The SMILES string of the molecule is c1nc(CCNCc2ccc(N3CCCC3)cc2)no1. The van der Waals surface area contributed by atoms with Gasteiger partial charge >= 0.3 is 0 Å². The van der Waals surface area contributed by atoms with Gasteiger partial charge in [0.2, 0.25) is 6.39 Å². The van der Waals surface area contributed by atoms with Crippen LogP contribution in [0.2, 0.25) is 0 Å². The largest absolute Gasteiger partial charge is 0.372 e. The molecule has 2 aromatic rings. The van der Waals surface area contributed by atoms with Crippen LogP contribution in [-0.2, 0) is 13.0 Å². The summed E-state index contributed by atoms with van der Waals surface area (Å²) in [5.74, 6) is 0.752. The van der Waals surface area contributed by atoms with E-state index in [9.17, 15) is 0 Å². The molecule has 1 aromatic carbocycles. The van der Waals surface area contributed by atoms with Gasteiger partial charge in [0.25, 0.3) is 0 Å². The second kappa shape index (κ2) is 6.52. The van der Waals surface area contributed by atoms with Gasteiger partial charge in [-0.15, -0.1) is 0 Å². The minimum atomic E-state index is 0.752. The fraction of sp³-hybridized carbons (Fsp3) is 0.467. The summed E-state index contributed by atoms with van der Waals surface area (Å²) in [6.45, 7) is 4.12. The van der Waals surface area contributed by atoms with Gasteiger partial charge < -0.3 is 14.7 Å². The monoisotopic (exact) mass is 272 g/mol. The van der Waals surface area contributed by atoms with Crippen molar-refractivity contribution in [1.82, 2.24) is 15.5 Å². The number of hydrogen-bond donors (Lipinski definition) is 1. The molecule has 0 atom stereocenters. The highest BCUT2D eigenvalue weighted by molar-refractivity contribution is 5.48. The Labute approximate surface area is 119 Å². The first-order chi connectivity index (χ1) is 9.92. The molecule has 0 amide bonds. The lowest BCUT2D eigenvalue weighted by Gasteiger charge is -2.17. The van der Waals surface area contributed by atoms with Crippen molar-refractivity contribution in [2.24, 2.45) is 0 Å². The fourth-order valence-electron chi connectivity index (χ4n) is 2.54. The molecule has 20 heavy (non-hydrogen) atoms. The van der Waals surface area contributed by atoms with Gasteiger partial charge in [0.15, 0.2) is 5.82 Å². The summed E-state index contributed by atoms with van der Waals surface area (Å²) in [6, 6.07) is 8.85. The van der Waals surface area contributed by atoms with Crippen LogP contribution in [0.4, 0.5) is 5.69 Å². The molecule has 0 bridgehead atoms. The Bertz CT molecular complexity index is 503. The minimum Gasteiger partial charge on any atom is -0.372 e. The average molecular weight is 272 g/mol. The van der Waals surface area contributed by atoms with Crippen molar-refractivity contribution in [3.05, 3.63) is 42.0 Å². The van der Waals surface area contributed by atoms with E-state index in [1.807, 2.05) is 0 Å².